The normalized spacial score (nSPS) is 15.2. The second kappa shape index (κ2) is 9.21. The maximum absolute atomic E-state index is 14.6. The molecule has 3 aromatic heterocycles. The van der Waals surface area contributed by atoms with Crippen molar-refractivity contribution in [3.05, 3.63) is 36.3 Å². The first-order valence-electron chi connectivity index (χ1n) is 10.3. The topological polar surface area (TPSA) is 113 Å². The molecule has 0 spiro atoms. The number of hydrogen-bond acceptors (Lipinski definition) is 6. The molecule has 0 aromatic carbocycles. The van der Waals surface area contributed by atoms with Crippen LogP contribution < -0.4 is 5.32 Å². The molecular weight excluding hydrogens is 439 g/mol. The highest BCUT2D eigenvalue weighted by atomic mass is 31.2. The number of nitrogens with zero attached hydrogens (tertiary/aromatic N) is 3. The maximum Gasteiger partial charge on any atom is 0.328 e. The number of pyridine rings is 1. The van der Waals surface area contributed by atoms with E-state index in [9.17, 15) is 18.2 Å². The standard InChI is InChI=1S/C21H28F2N5O3P/c1-12(2)31-32(29,30)7-6-17(21(3,4)5)27-20-16(23)11-26-19(28-20)15-10-25-18-14(15)8-13(22)9-24-18/h8-12,17H,6-7H2,1-5H3,(H,24,25)(H,29,30)(H,26,27,28). The van der Waals surface area contributed by atoms with Gasteiger partial charge in [0, 0.05) is 23.2 Å². The Morgan fingerprint density at radius 2 is 1.97 bits per heavy atom. The van der Waals surface area contributed by atoms with Crippen LogP contribution in [-0.4, -0.2) is 43.1 Å². The lowest BCUT2D eigenvalue weighted by Crippen LogP contribution is -2.35. The molecule has 0 aliphatic carbocycles. The lowest BCUT2D eigenvalue weighted by Gasteiger charge is -2.32. The number of fused-ring (bicyclic) bond motifs is 1. The van der Waals surface area contributed by atoms with E-state index in [-0.39, 0.29) is 35.7 Å². The van der Waals surface area contributed by atoms with Gasteiger partial charge in [-0.05, 0) is 31.7 Å². The summed E-state index contributed by atoms with van der Waals surface area (Å²) in [6, 6.07) is 0.914. The molecule has 11 heteroatoms. The van der Waals surface area contributed by atoms with E-state index >= 15 is 0 Å². The Labute approximate surface area is 185 Å². The smallest absolute Gasteiger partial charge is 0.328 e. The van der Waals surface area contributed by atoms with E-state index in [4.69, 9.17) is 4.52 Å². The Bertz CT molecular complexity index is 1150. The number of rotatable bonds is 8. The van der Waals surface area contributed by atoms with E-state index in [1.807, 2.05) is 20.8 Å². The van der Waals surface area contributed by atoms with Gasteiger partial charge in [-0.25, -0.2) is 23.7 Å². The molecule has 32 heavy (non-hydrogen) atoms. The Morgan fingerprint density at radius 3 is 2.62 bits per heavy atom. The molecule has 0 saturated carbocycles. The number of aromatic nitrogens is 4. The minimum atomic E-state index is -3.78. The highest BCUT2D eigenvalue weighted by Crippen LogP contribution is 2.45. The Morgan fingerprint density at radius 1 is 1.25 bits per heavy atom. The van der Waals surface area contributed by atoms with Crippen LogP contribution in [0.25, 0.3) is 22.4 Å². The number of H-pyrrole nitrogens is 1. The summed E-state index contributed by atoms with van der Waals surface area (Å²) in [5.41, 5.74) is 0.552. The van der Waals surface area contributed by atoms with Crippen LogP contribution in [0.5, 0.6) is 0 Å². The summed E-state index contributed by atoms with van der Waals surface area (Å²) in [7, 11) is -3.78. The van der Waals surface area contributed by atoms with E-state index in [1.54, 1.807) is 20.0 Å². The van der Waals surface area contributed by atoms with Gasteiger partial charge >= 0.3 is 7.60 Å². The zero-order valence-corrected chi connectivity index (χ0v) is 19.6. The van der Waals surface area contributed by atoms with E-state index < -0.39 is 25.3 Å². The summed E-state index contributed by atoms with van der Waals surface area (Å²) in [5.74, 6) is -1.04. The first kappa shape index (κ1) is 24.2. The zero-order valence-electron chi connectivity index (χ0n) is 18.7. The number of nitrogens with one attached hydrogen (secondary N) is 2. The highest BCUT2D eigenvalue weighted by molar-refractivity contribution is 7.52. The fourth-order valence-corrected chi connectivity index (χ4v) is 4.67. The third-order valence-electron chi connectivity index (χ3n) is 4.91. The Kier molecular flexibility index (Phi) is 6.97. The zero-order chi connectivity index (χ0) is 23.7. The fraction of sp³-hybridized carbons (Fsp3) is 0.476. The summed E-state index contributed by atoms with van der Waals surface area (Å²) in [5, 5.41) is 3.54. The van der Waals surface area contributed by atoms with Gasteiger partial charge in [0.1, 0.15) is 11.5 Å². The number of anilines is 1. The van der Waals surface area contributed by atoms with Crippen LogP contribution in [0.2, 0.25) is 0 Å². The number of halogens is 2. The lowest BCUT2D eigenvalue weighted by molar-refractivity contribution is 0.202. The molecule has 0 saturated heterocycles. The van der Waals surface area contributed by atoms with Gasteiger partial charge in [0.2, 0.25) is 0 Å². The molecular formula is C21H28F2N5O3P. The van der Waals surface area contributed by atoms with Gasteiger partial charge < -0.3 is 19.7 Å². The average molecular weight is 467 g/mol. The monoisotopic (exact) mass is 467 g/mol. The summed E-state index contributed by atoms with van der Waals surface area (Å²) in [4.78, 5) is 25.3. The maximum atomic E-state index is 14.6. The minimum absolute atomic E-state index is 0.0498. The highest BCUT2D eigenvalue weighted by Gasteiger charge is 2.30. The molecule has 0 amide bonds. The van der Waals surface area contributed by atoms with Gasteiger partial charge in [-0.15, -0.1) is 0 Å². The summed E-state index contributed by atoms with van der Waals surface area (Å²) in [6.45, 7) is 9.18. The van der Waals surface area contributed by atoms with E-state index in [2.05, 4.69) is 25.3 Å². The van der Waals surface area contributed by atoms with Crippen molar-refractivity contribution < 1.29 is 22.8 Å². The molecule has 174 valence electrons. The molecule has 3 N–H and O–H groups in total. The van der Waals surface area contributed by atoms with Crippen LogP contribution in [-0.2, 0) is 9.09 Å². The van der Waals surface area contributed by atoms with Crippen molar-refractivity contribution >= 4 is 24.4 Å². The lowest BCUT2D eigenvalue weighted by atomic mass is 9.85. The van der Waals surface area contributed by atoms with E-state index in [0.717, 1.165) is 12.4 Å². The summed E-state index contributed by atoms with van der Waals surface area (Å²) < 4.78 is 45.7. The number of aromatic amines is 1. The molecule has 0 aliphatic heterocycles. The molecule has 2 atom stereocenters. The molecule has 8 nitrogen and oxygen atoms in total. The van der Waals surface area contributed by atoms with Gasteiger partial charge in [-0.3, -0.25) is 4.57 Å². The molecule has 0 fully saturated rings. The van der Waals surface area contributed by atoms with Gasteiger partial charge in [0.05, 0.1) is 24.7 Å². The van der Waals surface area contributed by atoms with Crippen LogP contribution in [0, 0.1) is 17.0 Å². The molecule has 0 bridgehead atoms. The predicted octanol–water partition coefficient (Wildman–Crippen LogP) is 5.13. The van der Waals surface area contributed by atoms with Crippen molar-refractivity contribution in [2.24, 2.45) is 5.41 Å². The van der Waals surface area contributed by atoms with Crippen molar-refractivity contribution in [3.8, 4) is 11.4 Å². The minimum Gasteiger partial charge on any atom is -0.364 e. The largest absolute Gasteiger partial charge is 0.364 e. The van der Waals surface area contributed by atoms with Crippen molar-refractivity contribution in [2.45, 2.75) is 53.2 Å². The third kappa shape index (κ3) is 5.88. The Hall–Kier alpha value is -2.42. The van der Waals surface area contributed by atoms with Crippen LogP contribution in [0.4, 0.5) is 14.6 Å². The molecule has 3 rings (SSSR count). The SMILES string of the molecule is CC(C)OP(=O)(O)CCC(Nc1nc(-c2c[nH]c3ncc(F)cc23)ncc1F)C(C)(C)C. The fourth-order valence-electron chi connectivity index (χ4n) is 3.32. The van der Waals surface area contributed by atoms with E-state index in [0.29, 0.717) is 16.6 Å². The van der Waals surface area contributed by atoms with E-state index in [1.165, 1.54) is 6.07 Å². The predicted molar refractivity (Wildman–Crippen MR) is 119 cm³/mol. The first-order chi connectivity index (χ1) is 14.9. The van der Waals surface area contributed by atoms with Crippen LogP contribution in [0.1, 0.15) is 41.0 Å². The van der Waals surface area contributed by atoms with Crippen molar-refractivity contribution in [1.82, 2.24) is 19.9 Å². The van der Waals surface area contributed by atoms with Crippen LogP contribution in [0.3, 0.4) is 0 Å². The molecule has 2 unspecified atom stereocenters. The van der Waals surface area contributed by atoms with Crippen molar-refractivity contribution in [1.29, 1.82) is 0 Å². The van der Waals surface area contributed by atoms with Crippen molar-refractivity contribution in [3.63, 3.8) is 0 Å². The van der Waals surface area contributed by atoms with Crippen molar-refractivity contribution in [2.75, 3.05) is 11.5 Å². The number of hydrogen-bond donors (Lipinski definition) is 3. The molecule has 0 radical (unpaired) electrons. The van der Waals surface area contributed by atoms with Gasteiger partial charge in [-0.2, -0.15) is 0 Å². The molecule has 3 aromatic rings. The van der Waals surface area contributed by atoms with Crippen LogP contribution >= 0.6 is 7.60 Å². The van der Waals surface area contributed by atoms with Gasteiger partial charge in [0.25, 0.3) is 0 Å². The molecule has 3 heterocycles. The van der Waals surface area contributed by atoms with Gasteiger partial charge in [-0.1, -0.05) is 20.8 Å². The Balaban J connectivity index is 1.88. The second-order valence-corrected chi connectivity index (χ2v) is 10.9. The quantitative estimate of drug-likeness (QED) is 0.394. The third-order valence-corrected chi connectivity index (χ3v) is 6.49. The summed E-state index contributed by atoms with van der Waals surface area (Å²) >= 11 is 0. The van der Waals surface area contributed by atoms with Gasteiger partial charge in [0.15, 0.2) is 17.5 Å². The second-order valence-electron chi connectivity index (χ2n) is 9.01. The van der Waals surface area contributed by atoms with Crippen LogP contribution in [0.15, 0.2) is 24.7 Å². The molecule has 0 aliphatic rings. The summed E-state index contributed by atoms with van der Waals surface area (Å²) in [6.07, 6.45) is 3.50. The average Bonchev–Trinajstić information content (AvgIpc) is 3.07. The first-order valence-corrected chi connectivity index (χ1v) is 12.0.